The molecule has 0 bridgehead atoms. The third-order valence-corrected chi connectivity index (χ3v) is 2.22. The van der Waals surface area contributed by atoms with Gasteiger partial charge in [0.2, 0.25) is 0 Å². The van der Waals surface area contributed by atoms with Gasteiger partial charge < -0.3 is 0 Å². The van der Waals surface area contributed by atoms with E-state index >= 15 is 0 Å². The van der Waals surface area contributed by atoms with E-state index in [2.05, 4.69) is 4.98 Å². The average Bonchev–Trinajstić information content (AvgIpc) is 2.31. The molecule has 0 saturated carbocycles. The first-order valence-corrected chi connectivity index (χ1v) is 4.81. The molecule has 0 amide bonds. The summed E-state index contributed by atoms with van der Waals surface area (Å²) >= 11 is 0. The molecule has 1 heterocycles. The van der Waals surface area contributed by atoms with Crippen molar-refractivity contribution in [2.75, 3.05) is 0 Å². The van der Waals surface area contributed by atoms with Gasteiger partial charge in [-0.15, -0.1) is 0 Å². The van der Waals surface area contributed by atoms with E-state index in [1.54, 1.807) is 12.3 Å². The average molecular weight is 197 g/mol. The number of hydrogen-bond donors (Lipinski definition) is 0. The van der Waals surface area contributed by atoms with Crippen molar-refractivity contribution in [3.05, 3.63) is 65.5 Å². The second-order valence-corrected chi connectivity index (χ2v) is 3.40. The van der Waals surface area contributed by atoms with Gasteiger partial charge in [-0.1, -0.05) is 24.3 Å². The predicted octanol–water partition coefficient (Wildman–Crippen LogP) is 2.48. The largest absolute Gasteiger partial charge is 0.298 e. The summed E-state index contributed by atoms with van der Waals surface area (Å²) < 4.78 is 0. The van der Waals surface area contributed by atoms with Crippen molar-refractivity contribution in [1.82, 2.24) is 4.98 Å². The van der Waals surface area contributed by atoms with Crippen LogP contribution in [0.3, 0.4) is 0 Å². The number of rotatable bonds is 3. The fourth-order valence-electron chi connectivity index (χ4n) is 1.51. The maximum atomic E-state index is 10.6. The molecule has 2 heteroatoms. The molecule has 2 nitrogen and oxygen atoms in total. The molecule has 1 aromatic heterocycles. The van der Waals surface area contributed by atoms with Crippen molar-refractivity contribution >= 4 is 6.29 Å². The number of aromatic nitrogens is 1. The summed E-state index contributed by atoms with van der Waals surface area (Å²) in [5.74, 6) is 0. The molecule has 2 rings (SSSR count). The van der Waals surface area contributed by atoms with E-state index < -0.39 is 0 Å². The number of pyridine rings is 1. The summed E-state index contributed by atoms with van der Waals surface area (Å²) in [6.45, 7) is 0. The molecule has 2 aromatic rings. The van der Waals surface area contributed by atoms with Crippen molar-refractivity contribution < 1.29 is 4.79 Å². The topological polar surface area (TPSA) is 30.0 Å². The number of carbonyl (C=O) groups excluding carboxylic acids is 1. The normalized spacial score (nSPS) is 9.87. The monoisotopic (exact) mass is 197 g/mol. The van der Waals surface area contributed by atoms with Gasteiger partial charge in [0.05, 0.1) is 0 Å². The Kier molecular flexibility index (Phi) is 2.88. The van der Waals surface area contributed by atoms with Crippen LogP contribution in [0.2, 0.25) is 0 Å². The van der Waals surface area contributed by atoms with Crippen LogP contribution in [0.1, 0.15) is 21.5 Å². The highest BCUT2D eigenvalue weighted by Gasteiger charge is 1.97. The number of aldehydes is 1. The first-order valence-electron chi connectivity index (χ1n) is 4.81. The van der Waals surface area contributed by atoms with Crippen molar-refractivity contribution in [3.8, 4) is 0 Å². The van der Waals surface area contributed by atoms with Gasteiger partial charge in [-0.05, 0) is 29.7 Å². The van der Waals surface area contributed by atoms with E-state index in [1.165, 1.54) is 0 Å². The SMILES string of the molecule is O=Cc1cccc(Cc2cccnc2)c1. The lowest BCUT2D eigenvalue weighted by Gasteiger charge is -2.01. The molecule has 0 fully saturated rings. The predicted molar refractivity (Wildman–Crippen MR) is 58.9 cm³/mol. The lowest BCUT2D eigenvalue weighted by Crippen LogP contribution is -1.90. The molecule has 74 valence electrons. The smallest absolute Gasteiger partial charge is 0.150 e. The molecular formula is C13H11NO. The molecule has 0 unspecified atom stereocenters. The highest BCUT2D eigenvalue weighted by molar-refractivity contribution is 5.74. The zero-order chi connectivity index (χ0) is 10.5. The minimum absolute atomic E-state index is 0.719. The van der Waals surface area contributed by atoms with Crippen molar-refractivity contribution in [1.29, 1.82) is 0 Å². The Labute approximate surface area is 88.6 Å². The summed E-state index contributed by atoms with van der Waals surface area (Å²) in [6.07, 6.45) is 5.28. The van der Waals surface area contributed by atoms with Crippen molar-refractivity contribution in [3.63, 3.8) is 0 Å². The molecule has 0 aliphatic rings. The summed E-state index contributed by atoms with van der Waals surface area (Å²) in [5.41, 5.74) is 3.00. The van der Waals surface area contributed by atoms with Crippen LogP contribution in [0.4, 0.5) is 0 Å². The minimum Gasteiger partial charge on any atom is -0.298 e. The second kappa shape index (κ2) is 4.51. The molecule has 0 aliphatic heterocycles. The minimum atomic E-state index is 0.719. The molecular weight excluding hydrogens is 186 g/mol. The first-order chi connectivity index (χ1) is 7.38. The molecule has 0 saturated heterocycles. The molecule has 0 radical (unpaired) electrons. The Balaban J connectivity index is 2.21. The van der Waals surface area contributed by atoms with E-state index in [4.69, 9.17) is 0 Å². The van der Waals surface area contributed by atoms with Crippen LogP contribution in [-0.2, 0) is 6.42 Å². The zero-order valence-electron chi connectivity index (χ0n) is 8.26. The number of benzene rings is 1. The van der Waals surface area contributed by atoms with Crippen molar-refractivity contribution in [2.24, 2.45) is 0 Å². The summed E-state index contributed by atoms with van der Waals surface area (Å²) in [7, 11) is 0. The van der Waals surface area contributed by atoms with E-state index in [1.807, 2.05) is 36.5 Å². The first kappa shape index (κ1) is 9.59. The van der Waals surface area contributed by atoms with Gasteiger partial charge in [0.15, 0.2) is 0 Å². The molecule has 0 spiro atoms. The molecule has 15 heavy (non-hydrogen) atoms. The number of hydrogen-bond acceptors (Lipinski definition) is 2. The molecule has 0 atom stereocenters. The van der Waals surface area contributed by atoms with Gasteiger partial charge in [0.25, 0.3) is 0 Å². The Morgan fingerprint density at radius 2 is 2.00 bits per heavy atom. The van der Waals surface area contributed by atoms with Crippen molar-refractivity contribution in [2.45, 2.75) is 6.42 Å². The Morgan fingerprint density at radius 1 is 1.13 bits per heavy atom. The third kappa shape index (κ3) is 2.50. The molecule has 0 aliphatic carbocycles. The Bertz CT molecular complexity index is 451. The van der Waals surface area contributed by atoms with Crippen LogP contribution >= 0.6 is 0 Å². The van der Waals surface area contributed by atoms with Crippen LogP contribution < -0.4 is 0 Å². The maximum absolute atomic E-state index is 10.6. The third-order valence-electron chi connectivity index (χ3n) is 2.22. The van der Waals surface area contributed by atoms with Gasteiger partial charge in [-0.3, -0.25) is 9.78 Å². The lowest BCUT2D eigenvalue weighted by molar-refractivity contribution is 0.112. The summed E-state index contributed by atoms with van der Waals surface area (Å²) in [4.78, 5) is 14.7. The summed E-state index contributed by atoms with van der Waals surface area (Å²) in [6, 6.07) is 11.6. The highest BCUT2D eigenvalue weighted by atomic mass is 16.1. The van der Waals surface area contributed by atoms with Gasteiger partial charge in [-0.25, -0.2) is 0 Å². The van der Waals surface area contributed by atoms with Crippen LogP contribution in [0, 0.1) is 0 Å². The zero-order valence-corrected chi connectivity index (χ0v) is 8.26. The fourth-order valence-corrected chi connectivity index (χ4v) is 1.51. The number of nitrogens with zero attached hydrogens (tertiary/aromatic N) is 1. The fraction of sp³-hybridized carbons (Fsp3) is 0.0769. The number of carbonyl (C=O) groups is 1. The van der Waals surface area contributed by atoms with E-state index in [-0.39, 0.29) is 0 Å². The second-order valence-electron chi connectivity index (χ2n) is 3.40. The molecule has 0 N–H and O–H groups in total. The van der Waals surface area contributed by atoms with Crippen LogP contribution in [0.5, 0.6) is 0 Å². The quantitative estimate of drug-likeness (QED) is 0.707. The van der Waals surface area contributed by atoms with E-state index in [0.717, 1.165) is 29.4 Å². The lowest BCUT2D eigenvalue weighted by atomic mass is 10.0. The molecule has 1 aromatic carbocycles. The van der Waals surface area contributed by atoms with E-state index in [0.29, 0.717) is 0 Å². The van der Waals surface area contributed by atoms with Crippen LogP contribution in [-0.4, -0.2) is 11.3 Å². The summed E-state index contributed by atoms with van der Waals surface area (Å²) in [5, 5.41) is 0. The van der Waals surface area contributed by atoms with E-state index in [9.17, 15) is 4.79 Å². The van der Waals surface area contributed by atoms with Crippen LogP contribution in [0.25, 0.3) is 0 Å². The van der Waals surface area contributed by atoms with Gasteiger partial charge in [0.1, 0.15) is 6.29 Å². The Hall–Kier alpha value is -1.96. The van der Waals surface area contributed by atoms with Gasteiger partial charge in [0, 0.05) is 18.0 Å². The van der Waals surface area contributed by atoms with Gasteiger partial charge in [-0.2, -0.15) is 0 Å². The standard InChI is InChI=1S/C13H11NO/c15-10-13-4-1-3-11(8-13)7-12-5-2-6-14-9-12/h1-6,8-10H,7H2. The van der Waals surface area contributed by atoms with Gasteiger partial charge >= 0.3 is 0 Å². The maximum Gasteiger partial charge on any atom is 0.150 e. The highest BCUT2D eigenvalue weighted by Crippen LogP contribution is 2.09. The Morgan fingerprint density at radius 3 is 2.73 bits per heavy atom. The van der Waals surface area contributed by atoms with Crippen LogP contribution in [0.15, 0.2) is 48.8 Å².